The van der Waals surface area contributed by atoms with Gasteiger partial charge in [-0.2, -0.15) is 0 Å². The molecule has 3 aromatic rings. The molecule has 0 spiro atoms. The molecule has 0 radical (unpaired) electrons. The molecule has 0 aliphatic carbocycles. The summed E-state index contributed by atoms with van der Waals surface area (Å²) >= 11 is 0. The number of rotatable bonds is 3. The monoisotopic (exact) mass is 317 g/mol. The number of hydrogen-bond donors (Lipinski definition) is 1. The van der Waals surface area contributed by atoms with Gasteiger partial charge in [-0.3, -0.25) is 0 Å². The van der Waals surface area contributed by atoms with Crippen LogP contribution in [0.2, 0.25) is 0 Å². The number of hydrogen-bond acceptors (Lipinski definition) is 4. The lowest BCUT2D eigenvalue weighted by Crippen LogP contribution is -2.11. The molecule has 0 saturated heterocycles. The second-order valence-corrected chi connectivity index (χ2v) is 6.62. The van der Waals surface area contributed by atoms with Gasteiger partial charge in [0.05, 0.1) is 17.6 Å². The summed E-state index contributed by atoms with van der Waals surface area (Å²) in [6.45, 7) is 1.98. The van der Waals surface area contributed by atoms with Gasteiger partial charge in [-0.1, -0.05) is 11.6 Å². The lowest BCUT2D eigenvalue weighted by atomic mass is 10.1. The third-order valence-electron chi connectivity index (χ3n) is 3.44. The fourth-order valence-corrected chi connectivity index (χ4v) is 2.89. The maximum absolute atomic E-state index is 11.4. The second kappa shape index (κ2) is 5.15. The number of aryl methyl sites for hydroxylation is 1. The molecule has 22 heavy (non-hydrogen) atoms. The number of benzene rings is 2. The van der Waals surface area contributed by atoms with Crippen LogP contribution in [-0.4, -0.2) is 15.5 Å². The Morgan fingerprint density at radius 1 is 1.09 bits per heavy atom. The number of fused-ring (bicyclic) bond motifs is 1. The highest BCUT2D eigenvalue weighted by atomic mass is 32.2. The average Bonchev–Trinajstić information content (AvgIpc) is 2.89. The van der Waals surface area contributed by atoms with Crippen LogP contribution in [0.15, 0.2) is 51.8 Å². The van der Waals surface area contributed by atoms with Crippen molar-refractivity contribution in [1.29, 1.82) is 0 Å². The molecule has 0 fully saturated rings. The first kappa shape index (κ1) is 14.6. The maximum atomic E-state index is 11.4. The highest BCUT2D eigenvalue weighted by Crippen LogP contribution is 2.35. The summed E-state index contributed by atoms with van der Waals surface area (Å²) in [7, 11) is -2.14. The Balaban J connectivity index is 2.19. The van der Waals surface area contributed by atoms with E-state index in [1.165, 1.54) is 12.1 Å². The summed E-state index contributed by atoms with van der Waals surface area (Å²) in [5.74, 6) is 1.30. The third-order valence-corrected chi connectivity index (χ3v) is 4.35. The molecule has 2 N–H and O–H groups in total. The Bertz CT molecular complexity index is 957. The predicted octanol–water partition coefficient (Wildman–Crippen LogP) is 3.06. The lowest BCUT2D eigenvalue weighted by Gasteiger charge is -2.06. The first-order chi connectivity index (χ1) is 10.4. The van der Waals surface area contributed by atoms with E-state index in [4.69, 9.17) is 14.3 Å². The van der Waals surface area contributed by atoms with Crippen molar-refractivity contribution in [3.8, 4) is 17.1 Å². The Morgan fingerprint density at radius 3 is 2.55 bits per heavy atom. The zero-order valence-electron chi connectivity index (χ0n) is 12.2. The predicted molar refractivity (Wildman–Crippen MR) is 84.3 cm³/mol. The lowest BCUT2D eigenvalue weighted by molar-refractivity contribution is 0.415. The molecule has 0 amide bonds. The van der Waals surface area contributed by atoms with Crippen LogP contribution in [0.5, 0.6) is 5.75 Å². The van der Waals surface area contributed by atoms with Gasteiger partial charge in [-0.25, -0.2) is 13.6 Å². The van der Waals surface area contributed by atoms with Gasteiger partial charge in [0.2, 0.25) is 10.0 Å². The smallest absolute Gasteiger partial charge is 0.238 e. The van der Waals surface area contributed by atoms with Crippen molar-refractivity contribution in [1.82, 2.24) is 0 Å². The average molecular weight is 317 g/mol. The van der Waals surface area contributed by atoms with Gasteiger partial charge in [-0.05, 0) is 43.3 Å². The molecule has 0 aliphatic heterocycles. The Hall–Kier alpha value is -2.31. The van der Waals surface area contributed by atoms with E-state index in [9.17, 15) is 8.42 Å². The fourth-order valence-electron chi connectivity index (χ4n) is 2.35. The zero-order chi connectivity index (χ0) is 15.9. The van der Waals surface area contributed by atoms with Crippen molar-refractivity contribution >= 4 is 21.0 Å². The molecule has 0 aliphatic rings. The van der Waals surface area contributed by atoms with E-state index in [1.807, 2.05) is 25.1 Å². The van der Waals surface area contributed by atoms with Gasteiger partial charge in [-0.15, -0.1) is 0 Å². The molecule has 3 rings (SSSR count). The molecule has 1 heterocycles. The molecule has 1 aromatic heterocycles. The van der Waals surface area contributed by atoms with Gasteiger partial charge in [0.25, 0.3) is 0 Å². The molecule has 0 unspecified atom stereocenters. The summed E-state index contributed by atoms with van der Waals surface area (Å²) in [6.07, 6.45) is 0. The first-order valence-electron chi connectivity index (χ1n) is 6.60. The van der Waals surface area contributed by atoms with Crippen LogP contribution in [0.4, 0.5) is 0 Å². The van der Waals surface area contributed by atoms with E-state index in [0.717, 1.165) is 11.1 Å². The highest BCUT2D eigenvalue weighted by Gasteiger charge is 2.14. The minimum atomic E-state index is -3.74. The Kier molecular flexibility index (Phi) is 3.42. The van der Waals surface area contributed by atoms with Crippen LogP contribution in [-0.2, 0) is 10.0 Å². The van der Waals surface area contributed by atoms with Crippen molar-refractivity contribution < 1.29 is 17.6 Å². The van der Waals surface area contributed by atoms with Gasteiger partial charge in [0, 0.05) is 5.39 Å². The van der Waals surface area contributed by atoms with Crippen molar-refractivity contribution in [2.45, 2.75) is 11.8 Å². The van der Waals surface area contributed by atoms with Crippen LogP contribution >= 0.6 is 0 Å². The van der Waals surface area contributed by atoms with E-state index in [1.54, 1.807) is 19.2 Å². The number of primary sulfonamides is 1. The van der Waals surface area contributed by atoms with E-state index >= 15 is 0 Å². The largest absolute Gasteiger partial charge is 0.496 e. The van der Waals surface area contributed by atoms with Crippen LogP contribution in [0.25, 0.3) is 22.3 Å². The summed E-state index contributed by atoms with van der Waals surface area (Å²) < 4.78 is 34.0. The van der Waals surface area contributed by atoms with E-state index < -0.39 is 10.0 Å². The van der Waals surface area contributed by atoms with Gasteiger partial charge in [0.15, 0.2) is 0 Å². The van der Waals surface area contributed by atoms with Gasteiger partial charge < -0.3 is 9.15 Å². The molecule has 114 valence electrons. The van der Waals surface area contributed by atoms with E-state index in [-0.39, 0.29) is 4.90 Å². The SMILES string of the molecule is COc1ccc(C)cc1-c1cc2cc(S(N)(=O)=O)ccc2o1. The minimum Gasteiger partial charge on any atom is -0.496 e. The summed E-state index contributed by atoms with van der Waals surface area (Å²) in [4.78, 5) is 0.0588. The van der Waals surface area contributed by atoms with Gasteiger partial charge in [0.1, 0.15) is 17.1 Å². The topological polar surface area (TPSA) is 82.5 Å². The van der Waals surface area contributed by atoms with Crippen LogP contribution in [0.1, 0.15) is 5.56 Å². The van der Waals surface area contributed by atoms with Crippen molar-refractivity contribution in [2.24, 2.45) is 5.14 Å². The van der Waals surface area contributed by atoms with E-state index in [0.29, 0.717) is 22.5 Å². The normalized spacial score (nSPS) is 11.8. The Morgan fingerprint density at radius 2 is 1.86 bits per heavy atom. The molecule has 6 heteroatoms. The fraction of sp³-hybridized carbons (Fsp3) is 0.125. The summed E-state index contributed by atoms with van der Waals surface area (Å²) in [5.41, 5.74) is 2.48. The molecule has 0 atom stereocenters. The quantitative estimate of drug-likeness (QED) is 0.805. The van der Waals surface area contributed by atoms with Crippen molar-refractivity contribution in [3.63, 3.8) is 0 Å². The molecule has 5 nitrogen and oxygen atoms in total. The Labute approximate surface area is 128 Å². The summed E-state index contributed by atoms with van der Waals surface area (Å²) in [6, 6.07) is 12.1. The number of furan rings is 1. The highest BCUT2D eigenvalue weighted by molar-refractivity contribution is 7.89. The van der Waals surface area contributed by atoms with Crippen molar-refractivity contribution in [2.75, 3.05) is 7.11 Å². The summed E-state index contributed by atoms with van der Waals surface area (Å²) in [5, 5.41) is 5.82. The number of sulfonamides is 1. The molecule has 2 aromatic carbocycles. The third kappa shape index (κ3) is 2.58. The number of nitrogens with two attached hydrogens (primary N) is 1. The van der Waals surface area contributed by atoms with Crippen LogP contribution < -0.4 is 9.88 Å². The molecule has 0 bridgehead atoms. The van der Waals surface area contributed by atoms with Gasteiger partial charge >= 0.3 is 0 Å². The number of ether oxygens (including phenoxy) is 1. The number of methoxy groups -OCH3 is 1. The standard InChI is InChI=1S/C16H15NO4S/c1-10-3-5-15(20-2)13(7-10)16-9-11-8-12(22(17,18)19)4-6-14(11)21-16/h3-9H,1-2H3,(H2,17,18,19). The van der Waals surface area contributed by atoms with Crippen molar-refractivity contribution in [3.05, 3.63) is 48.0 Å². The van der Waals surface area contributed by atoms with Crippen LogP contribution in [0, 0.1) is 6.92 Å². The van der Waals surface area contributed by atoms with Crippen LogP contribution in [0.3, 0.4) is 0 Å². The zero-order valence-corrected chi connectivity index (χ0v) is 13.0. The first-order valence-corrected chi connectivity index (χ1v) is 8.14. The minimum absolute atomic E-state index is 0.0588. The molecule has 0 saturated carbocycles. The van der Waals surface area contributed by atoms with E-state index in [2.05, 4.69) is 0 Å². The molecular formula is C16H15NO4S. The molecular weight excluding hydrogens is 302 g/mol. The second-order valence-electron chi connectivity index (χ2n) is 5.06. The maximum Gasteiger partial charge on any atom is 0.238 e.